The molecule has 0 aliphatic carbocycles. The minimum absolute atomic E-state index is 0.661. The van der Waals surface area contributed by atoms with Crippen LogP contribution in [0.2, 0.25) is 0 Å². The molecule has 0 aromatic carbocycles. The molecular weight excluding hydrogens is 350 g/mol. The minimum atomic E-state index is 0.661. The zero-order valence-corrected chi connectivity index (χ0v) is 16.7. The monoisotopic (exact) mass is 377 g/mol. The number of rotatable bonds is 6. The van der Waals surface area contributed by atoms with E-state index in [0.29, 0.717) is 6.54 Å². The van der Waals surface area contributed by atoms with Crippen LogP contribution in [0.5, 0.6) is 0 Å². The summed E-state index contributed by atoms with van der Waals surface area (Å²) >= 11 is 3.58. The van der Waals surface area contributed by atoms with Crippen molar-refractivity contribution in [3.8, 4) is 0 Å². The van der Waals surface area contributed by atoms with Crippen molar-refractivity contribution in [2.75, 3.05) is 32.7 Å². The number of aromatic nitrogens is 1. The Morgan fingerprint density at radius 1 is 1.24 bits per heavy atom. The lowest BCUT2D eigenvalue weighted by molar-refractivity contribution is 0.173. The van der Waals surface area contributed by atoms with Gasteiger partial charge in [-0.3, -0.25) is 4.90 Å². The zero-order chi connectivity index (χ0) is 17.5. The van der Waals surface area contributed by atoms with Crippen LogP contribution >= 0.6 is 22.7 Å². The molecule has 25 heavy (non-hydrogen) atoms. The third-order valence-corrected chi connectivity index (χ3v) is 6.16. The van der Waals surface area contributed by atoms with Crippen LogP contribution in [0.15, 0.2) is 27.9 Å². The maximum Gasteiger partial charge on any atom is 0.194 e. The van der Waals surface area contributed by atoms with Gasteiger partial charge in [0.25, 0.3) is 0 Å². The molecule has 1 fully saturated rings. The highest BCUT2D eigenvalue weighted by Gasteiger charge is 2.19. The summed E-state index contributed by atoms with van der Waals surface area (Å²) in [7, 11) is 0. The van der Waals surface area contributed by atoms with Gasteiger partial charge in [0, 0.05) is 49.5 Å². The van der Waals surface area contributed by atoms with Crippen LogP contribution < -0.4 is 5.32 Å². The molecule has 5 nitrogen and oxygen atoms in total. The number of hydrogen-bond donors (Lipinski definition) is 1. The lowest BCUT2D eigenvalue weighted by atomic mass is 10.3. The molecular formula is C18H27N5S2. The van der Waals surface area contributed by atoms with Gasteiger partial charge < -0.3 is 10.2 Å². The standard InChI is InChI=1S/C18H27N5S2/c1-3-17-21-15(14-25-17)12-20-18(19-4-2)23-9-7-22(8-10-23)13-16-6-5-11-24-16/h5-6,11,14H,3-4,7-10,12-13H2,1-2H3,(H,19,20). The molecule has 0 bridgehead atoms. The van der Waals surface area contributed by atoms with Crippen molar-refractivity contribution < 1.29 is 0 Å². The van der Waals surface area contributed by atoms with Gasteiger partial charge in [-0.1, -0.05) is 13.0 Å². The molecule has 1 N–H and O–H groups in total. The summed E-state index contributed by atoms with van der Waals surface area (Å²) in [4.78, 5) is 15.8. The van der Waals surface area contributed by atoms with Gasteiger partial charge in [0.1, 0.15) is 0 Å². The van der Waals surface area contributed by atoms with Gasteiger partial charge in [0.05, 0.1) is 17.2 Å². The first-order valence-corrected chi connectivity index (χ1v) is 10.8. The van der Waals surface area contributed by atoms with E-state index in [9.17, 15) is 0 Å². The Hall–Kier alpha value is -1.44. The van der Waals surface area contributed by atoms with Crippen molar-refractivity contribution in [1.82, 2.24) is 20.1 Å². The molecule has 1 aliphatic heterocycles. The number of hydrogen-bond acceptors (Lipinski definition) is 5. The van der Waals surface area contributed by atoms with E-state index in [1.54, 1.807) is 11.3 Å². The highest BCUT2D eigenvalue weighted by Crippen LogP contribution is 2.14. The van der Waals surface area contributed by atoms with E-state index < -0.39 is 0 Å². The second-order valence-electron chi connectivity index (χ2n) is 6.10. The van der Waals surface area contributed by atoms with Crippen molar-refractivity contribution in [2.45, 2.75) is 33.4 Å². The molecule has 7 heteroatoms. The largest absolute Gasteiger partial charge is 0.357 e. The van der Waals surface area contributed by atoms with Gasteiger partial charge in [0.2, 0.25) is 0 Å². The van der Waals surface area contributed by atoms with E-state index >= 15 is 0 Å². The van der Waals surface area contributed by atoms with Gasteiger partial charge in [-0.05, 0) is 24.8 Å². The molecule has 1 saturated heterocycles. The van der Waals surface area contributed by atoms with E-state index in [1.165, 1.54) is 9.88 Å². The smallest absolute Gasteiger partial charge is 0.194 e. The number of guanidine groups is 1. The lowest BCUT2D eigenvalue weighted by Crippen LogP contribution is -2.52. The molecule has 2 aromatic rings. The molecule has 3 heterocycles. The number of thiazole rings is 1. The van der Waals surface area contributed by atoms with E-state index in [1.807, 2.05) is 11.3 Å². The zero-order valence-electron chi connectivity index (χ0n) is 15.1. The second kappa shape index (κ2) is 9.31. The molecule has 0 unspecified atom stereocenters. The van der Waals surface area contributed by atoms with Crippen LogP contribution in [0.3, 0.4) is 0 Å². The van der Waals surface area contributed by atoms with Gasteiger partial charge in [0.15, 0.2) is 5.96 Å². The molecule has 3 rings (SSSR count). The van der Waals surface area contributed by atoms with Crippen LogP contribution in [0.1, 0.15) is 29.4 Å². The summed E-state index contributed by atoms with van der Waals surface area (Å²) in [5.41, 5.74) is 1.08. The van der Waals surface area contributed by atoms with Gasteiger partial charge in [-0.25, -0.2) is 9.98 Å². The SMILES string of the molecule is CCNC(=NCc1csc(CC)n1)N1CCN(Cc2cccs2)CC1. The summed E-state index contributed by atoms with van der Waals surface area (Å²) in [6, 6.07) is 4.36. The fourth-order valence-electron chi connectivity index (χ4n) is 2.91. The number of nitrogens with one attached hydrogen (secondary N) is 1. The molecule has 0 radical (unpaired) electrons. The van der Waals surface area contributed by atoms with Crippen LogP contribution in [0.4, 0.5) is 0 Å². The molecule has 0 amide bonds. The third kappa shape index (κ3) is 5.26. The Morgan fingerprint density at radius 3 is 2.72 bits per heavy atom. The van der Waals surface area contributed by atoms with E-state index in [-0.39, 0.29) is 0 Å². The Kier molecular flexibility index (Phi) is 6.84. The summed E-state index contributed by atoms with van der Waals surface area (Å²) in [5.74, 6) is 1.02. The number of nitrogens with zero attached hydrogens (tertiary/aromatic N) is 4. The summed E-state index contributed by atoms with van der Waals surface area (Å²) < 4.78 is 0. The van der Waals surface area contributed by atoms with Gasteiger partial charge in [-0.2, -0.15) is 0 Å². The maximum absolute atomic E-state index is 4.81. The molecule has 0 spiro atoms. The van der Waals surface area contributed by atoms with Crippen molar-refractivity contribution in [3.05, 3.63) is 38.5 Å². The van der Waals surface area contributed by atoms with Crippen LogP contribution in [0, 0.1) is 0 Å². The summed E-state index contributed by atoms with van der Waals surface area (Å²) in [6.07, 6.45) is 1.00. The summed E-state index contributed by atoms with van der Waals surface area (Å²) in [6.45, 7) is 11.1. The van der Waals surface area contributed by atoms with Crippen molar-refractivity contribution in [1.29, 1.82) is 0 Å². The molecule has 1 aliphatic rings. The normalized spacial score (nSPS) is 16.4. The first-order chi connectivity index (χ1) is 12.3. The highest BCUT2D eigenvalue weighted by atomic mass is 32.1. The number of aliphatic imine (C=N–C) groups is 1. The quantitative estimate of drug-likeness (QED) is 0.621. The average Bonchev–Trinajstić information content (AvgIpc) is 3.31. The number of thiophene rings is 1. The third-order valence-electron chi connectivity index (χ3n) is 4.26. The fraction of sp³-hybridized carbons (Fsp3) is 0.556. The number of piperazine rings is 1. The maximum atomic E-state index is 4.81. The predicted octanol–water partition coefficient (Wildman–Crippen LogP) is 3.05. The topological polar surface area (TPSA) is 43.8 Å². The average molecular weight is 378 g/mol. The lowest BCUT2D eigenvalue weighted by Gasteiger charge is -2.36. The van der Waals surface area contributed by atoms with E-state index in [2.05, 4.69) is 56.8 Å². The van der Waals surface area contributed by atoms with E-state index in [4.69, 9.17) is 4.99 Å². The molecule has 0 saturated carbocycles. The molecule has 136 valence electrons. The molecule has 0 atom stereocenters. The Labute approximate surface area is 158 Å². The predicted molar refractivity (Wildman–Crippen MR) is 107 cm³/mol. The Bertz CT molecular complexity index is 657. The Morgan fingerprint density at radius 2 is 2.08 bits per heavy atom. The first kappa shape index (κ1) is 18.4. The fourth-order valence-corrected chi connectivity index (χ4v) is 4.39. The van der Waals surface area contributed by atoms with Gasteiger partial charge >= 0.3 is 0 Å². The second-order valence-corrected chi connectivity index (χ2v) is 8.07. The highest BCUT2D eigenvalue weighted by molar-refractivity contribution is 7.10. The van der Waals surface area contributed by atoms with Crippen LogP contribution in [0.25, 0.3) is 0 Å². The summed E-state index contributed by atoms with van der Waals surface area (Å²) in [5, 5.41) is 8.92. The molecule has 2 aromatic heterocycles. The van der Waals surface area contributed by atoms with Crippen molar-refractivity contribution in [3.63, 3.8) is 0 Å². The van der Waals surface area contributed by atoms with E-state index in [0.717, 1.165) is 57.3 Å². The number of aryl methyl sites for hydroxylation is 1. The van der Waals surface area contributed by atoms with Gasteiger partial charge in [-0.15, -0.1) is 22.7 Å². The van der Waals surface area contributed by atoms with Crippen LogP contribution in [-0.2, 0) is 19.5 Å². The van der Waals surface area contributed by atoms with Crippen molar-refractivity contribution >= 4 is 28.6 Å². The minimum Gasteiger partial charge on any atom is -0.357 e. The van der Waals surface area contributed by atoms with Crippen molar-refractivity contribution in [2.24, 2.45) is 4.99 Å². The first-order valence-electron chi connectivity index (χ1n) is 8.99. The Balaban J connectivity index is 1.54. The van der Waals surface area contributed by atoms with Crippen LogP contribution in [-0.4, -0.2) is 53.5 Å².